The predicted molar refractivity (Wildman–Crippen MR) is 83.6 cm³/mol. The zero-order valence-electron chi connectivity index (χ0n) is 12.4. The number of benzene rings is 1. The van der Waals surface area contributed by atoms with Gasteiger partial charge in [0.25, 0.3) is 0 Å². The number of pyridine rings is 1. The Balaban J connectivity index is 0.000000704. The first-order chi connectivity index (χ1) is 9.74. The highest BCUT2D eigenvalue weighted by Gasteiger charge is 2.07. The van der Waals surface area contributed by atoms with Crippen LogP contribution in [0, 0.1) is 13.8 Å². The fraction of sp³-hybridized carbons (Fsp3) is 0.235. The molecule has 0 N–H and O–H groups in total. The number of nitrogens with zero attached hydrogens (tertiary/aromatic N) is 3. The summed E-state index contributed by atoms with van der Waals surface area (Å²) in [5, 5.41) is 0.998. The van der Waals surface area contributed by atoms with Crippen LogP contribution in [0.5, 0.6) is 0 Å². The van der Waals surface area contributed by atoms with Crippen molar-refractivity contribution in [3.63, 3.8) is 0 Å². The highest BCUT2D eigenvalue weighted by Crippen LogP contribution is 2.27. The quantitative estimate of drug-likeness (QED) is 0.657. The van der Waals surface area contributed by atoms with Gasteiger partial charge in [0.15, 0.2) is 5.65 Å². The molecular formula is C17H19N3. The van der Waals surface area contributed by atoms with Crippen molar-refractivity contribution in [2.75, 3.05) is 0 Å². The van der Waals surface area contributed by atoms with Crippen molar-refractivity contribution in [2.45, 2.75) is 27.7 Å². The summed E-state index contributed by atoms with van der Waals surface area (Å²) in [4.78, 5) is 13.1. The maximum atomic E-state index is 4.47. The van der Waals surface area contributed by atoms with Gasteiger partial charge in [-0.15, -0.1) is 0 Å². The Hall–Kier alpha value is -2.29. The molecule has 0 unspecified atom stereocenters. The molecule has 3 nitrogen and oxygen atoms in total. The lowest BCUT2D eigenvalue weighted by atomic mass is 10.0. The van der Waals surface area contributed by atoms with Crippen molar-refractivity contribution in [1.82, 2.24) is 15.0 Å². The molecule has 20 heavy (non-hydrogen) atoms. The number of aromatic nitrogens is 3. The van der Waals surface area contributed by atoms with Gasteiger partial charge < -0.3 is 0 Å². The molecule has 0 aliphatic carbocycles. The van der Waals surface area contributed by atoms with Crippen molar-refractivity contribution >= 4 is 11.0 Å². The van der Waals surface area contributed by atoms with Crippen LogP contribution in [-0.2, 0) is 0 Å². The van der Waals surface area contributed by atoms with Gasteiger partial charge in [0.2, 0.25) is 0 Å². The highest BCUT2D eigenvalue weighted by molar-refractivity contribution is 5.92. The predicted octanol–water partition coefficient (Wildman–Crippen LogP) is 4.33. The Labute approximate surface area is 119 Å². The minimum absolute atomic E-state index is 0.750. The molecular weight excluding hydrogens is 246 g/mol. The smallest absolute Gasteiger partial charge is 0.163 e. The van der Waals surface area contributed by atoms with Gasteiger partial charge in [-0.2, -0.15) is 0 Å². The van der Waals surface area contributed by atoms with Crippen LogP contribution in [0.3, 0.4) is 0 Å². The molecule has 0 saturated carbocycles. The van der Waals surface area contributed by atoms with Crippen molar-refractivity contribution in [2.24, 2.45) is 0 Å². The van der Waals surface area contributed by atoms with Gasteiger partial charge in [-0.05, 0) is 31.0 Å². The lowest BCUT2D eigenvalue weighted by Gasteiger charge is -2.07. The van der Waals surface area contributed by atoms with Crippen LogP contribution in [-0.4, -0.2) is 15.0 Å². The van der Waals surface area contributed by atoms with Crippen LogP contribution in [0.2, 0.25) is 0 Å². The molecule has 0 bridgehead atoms. The zero-order chi connectivity index (χ0) is 14.5. The molecule has 0 fully saturated rings. The Morgan fingerprint density at radius 1 is 0.900 bits per heavy atom. The average molecular weight is 265 g/mol. The number of rotatable bonds is 1. The monoisotopic (exact) mass is 265 g/mol. The van der Waals surface area contributed by atoms with Gasteiger partial charge >= 0.3 is 0 Å². The van der Waals surface area contributed by atoms with Gasteiger partial charge in [-0.25, -0.2) is 15.0 Å². The number of fused-ring (bicyclic) bond motifs is 1. The molecule has 0 aliphatic rings. The van der Waals surface area contributed by atoms with E-state index in [1.54, 1.807) is 0 Å². The number of hydrogen-bond acceptors (Lipinski definition) is 3. The van der Waals surface area contributed by atoms with E-state index in [2.05, 4.69) is 33.2 Å². The van der Waals surface area contributed by atoms with E-state index in [9.17, 15) is 0 Å². The summed E-state index contributed by atoms with van der Waals surface area (Å²) in [5.74, 6) is 0.750. The van der Waals surface area contributed by atoms with Gasteiger partial charge in [-0.1, -0.05) is 44.2 Å². The SMILES string of the molecule is CC.Cc1cc(-c2ccccc2)c2cnc(C)nc2n1. The number of hydrogen-bond donors (Lipinski definition) is 0. The third-order valence-electron chi connectivity index (χ3n) is 2.90. The van der Waals surface area contributed by atoms with E-state index in [1.165, 1.54) is 5.56 Å². The second-order valence-corrected chi connectivity index (χ2v) is 4.33. The molecule has 102 valence electrons. The zero-order valence-corrected chi connectivity index (χ0v) is 12.4. The minimum Gasteiger partial charge on any atom is -0.241 e. The van der Waals surface area contributed by atoms with Crippen LogP contribution in [0.4, 0.5) is 0 Å². The van der Waals surface area contributed by atoms with Crippen LogP contribution in [0.1, 0.15) is 25.4 Å². The molecule has 2 aromatic heterocycles. The third kappa shape index (κ3) is 2.82. The van der Waals surface area contributed by atoms with Crippen molar-refractivity contribution in [3.8, 4) is 11.1 Å². The van der Waals surface area contributed by atoms with Crippen LogP contribution >= 0.6 is 0 Å². The van der Waals surface area contributed by atoms with Gasteiger partial charge in [0.1, 0.15) is 5.82 Å². The minimum atomic E-state index is 0.750. The maximum Gasteiger partial charge on any atom is 0.163 e. The molecule has 0 aliphatic heterocycles. The van der Waals surface area contributed by atoms with E-state index >= 15 is 0 Å². The largest absolute Gasteiger partial charge is 0.241 e. The van der Waals surface area contributed by atoms with E-state index in [0.717, 1.165) is 28.1 Å². The molecule has 0 amide bonds. The maximum absolute atomic E-state index is 4.47. The third-order valence-corrected chi connectivity index (χ3v) is 2.90. The van der Waals surface area contributed by atoms with Crippen molar-refractivity contribution in [3.05, 3.63) is 54.1 Å². The molecule has 3 aromatic rings. The van der Waals surface area contributed by atoms with Crippen LogP contribution < -0.4 is 0 Å². The summed E-state index contributed by atoms with van der Waals surface area (Å²) in [6, 6.07) is 12.3. The molecule has 1 aromatic carbocycles. The second kappa shape index (κ2) is 6.24. The molecule has 0 spiro atoms. The topological polar surface area (TPSA) is 38.7 Å². The summed E-state index contributed by atoms with van der Waals surface area (Å²) in [7, 11) is 0. The first kappa shape index (κ1) is 14.1. The Morgan fingerprint density at radius 2 is 1.60 bits per heavy atom. The summed E-state index contributed by atoms with van der Waals surface area (Å²) in [6.45, 7) is 7.87. The van der Waals surface area contributed by atoms with Gasteiger partial charge in [0, 0.05) is 17.3 Å². The molecule has 0 atom stereocenters. The molecule has 2 heterocycles. The van der Waals surface area contributed by atoms with Crippen molar-refractivity contribution < 1.29 is 0 Å². The molecule has 0 saturated heterocycles. The lowest BCUT2D eigenvalue weighted by Crippen LogP contribution is -1.94. The molecule has 3 heteroatoms. The fourth-order valence-electron chi connectivity index (χ4n) is 2.08. The first-order valence-corrected chi connectivity index (χ1v) is 6.90. The summed E-state index contributed by atoms with van der Waals surface area (Å²) >= 11 is 0. The fourth-order valence-corrected chi connectivity index (χ4v) is 2.08. The summed E-state index contributed by atoms with van der Waals surface area (Å²) in [6.07, 6.45) is 1.85. The summed E-state index contributed by atoms with van der Waals surface area (Å²) in [5.41, 5.74) is 4.04. The normalized spacial score (nSPS) is 10.0. The van der Waals surface area contributed by atoms with E-state index in [-0.39, 0.29) is 0 Å². The molecule has 0 radical (unpaired) electrons. The standard InChI is InChI=1S/C15H13N3.C2H6/c1-10-8-13(12-6-4-3-5-7-12)14-9-16-11(2)18-15(14)17-10;1-2/h3-9H,1-2H3;1-2H3. The summed E-state index contributed by atoms with van der Waals surface area (Å²) < 4.78 is 0. The van der Waals surface area contributed by atoms with E-state index in [1.807, 2.05) is 52.1 Å². The second-order valence-electron chi connectivity index (χ2n) is 4.33. The Bertz CT molecular complexity index is 701. The van der Waals surface area contributed by atoms with Gasteiger partial charge in [-0.3, -0.25) is 0 Å². The van der Waals surface area contributed by atoms with E-state index in [0.29, 0.717) is 0 Å². The van der Waals surface area contributed by atoms with E-state index in [4.69, 9.17) is 0 Å². The Morgan fingerprint density at radius 3 is 2.30 bits per heavy atom. The molecule has 3 rings (SSSR count). The highest BCUT2D eigenvalue weighted by atomic mass is 14.9. The van der Waals surface area contributed by atoms with Crippen molar-refractivity contribution in [1.29, 1.82) is 0 Å². The van der Waals surface area contributed by atoms with E-state index < -0.39 is 0 Å². The Kier molecular flexibility index (Phi) is 4.41. The average Bonchev–Trinajstić information content (AvgIpc) is 2.49. The number of aryl methyl sites for hydroxylation is 2. The van der Waals surface area contributed by atoms with Gasteiger partial charge in [0.05, 0.1) is 0 Å². The van der Waals surface area contributed by atoms with Crippen LogP contribution in [0.15, 0.2) is 42.6 Å². The lowest BCUT2D eigenvalue weighted by molar-refractivity contribution is 1.06. The first-order valence-electron chi connectivity index (χ1n) is 6.90. The van der Waals surface area contributed by atoms with Crippen LogP contribution in [0.25, 0.3) is 22.2 Å².